The lowest BCUT2D eigenvalue weighted by molar-refractivity contribution is 0.0950. The van der Waals surface area contributed by atoms with Gasteiger partial charge in [0.25, 0.3) is 5.91 Å². The predicted octanol–water partition coefficient (Wildman–Crippen LogP) is 4.09. The minimum absolute atomic E-state index is 0.225. The summed E-state index contributed by atoms with van der Waals surface area (Å²) in [6, 6.07) is 15.0. The van der Waals surface area contributed by atoms with E-state index < -0.39 is 0 Å². The van der Waals surface area contributed by atoms with E-state index in [1.807, 2.05) is 42.5 Å². The zero-order chi connectivity index (χ0) is 22.8. The number of anilines is 1. The van der Waals surface area contributed by atoms with Crippen molar-refractivity contribution in [2.45, 2.75) is 13.0 Å². The van der Waals surface area contributed by atoms with E-state index >= 15 is 0 Å². The third kappa shape index (κ3) is 4.51. The van der Waals surface area contributed by atoms with Gasteiger partial charge in [-0.05, 0) is 53.9 Å². The van der Waals surface area contributed by atoms with Gasteiger partial charge in [0, 0.05) is 28.5 Å². The van der Waals surface area contributed by atoms with Crippen molar-refractivity contribution in [3.63, 3.8) is 0 Å². The smallest absolute Gasteiger partial charge is 0.414 e. The number of pyridine rings is 1. The molecule has 5 rings (SSSR count). The maximum Gasteiger partial charge on any atom is 0.414 e. The summed E-state index contributed by atoms with van der Waals surface area (Å²) in [6.45, 7) is 1.26. The molecule has 0 atom stereocenters. The number of nitrogens with one attached hydrogen (secondary N) is 2. The van der Waals surface area contributed by atoms with Crippen molar-refractivity contribution in [3.05, 3.63) is 88.3 Å². The zero-order valence-electron chi connectivity index (χ0n) is 17.5. The minimum atomic E-state index is -0.322. The van der Waals surface area contributed by atoms with Crippen LogP contribution in [0.25, 0.3) is 10.9 Å². The van der Waals surface area contributed by atoms with Crippen LogP contribution >= 0.6 is 11.6 Å². The molecule has 1 aliphatic heterocycles. The zero-order valence-corrected chi connectivity index (χ0v) is 18.3. The molecule has 0 spiro atoms. The number of aromatic amines is 1. The summed E-state index contributed by atoms with van der Waals surface area (Å²) in [6.07, 6.45) is 3.58. The molecule has 0 unspecified atom stereocenters. The maximum absolute atomic E-state index is 12.7. The first-order valence-electron chi connectivity index (χ1n) is 10.4. The lowest BCUT2D eigenvalue weighted by Gasteiger charge is -2.13. The number of hydrogen-bond donors (Lipinski definition) is 2. The van der Waals surface area contributed by atoms with Crippen LogP contribution in [0.2, 0.25) is 5.02 Å². The molecule has 8 nitrogen and oxygen atoms in total. The van der Waals surface area contributed by atoms with Gasteiger partial charge >= 0.3 is 6.09 Å². The van der Waals surface area contributed by atoms with Crippen molar-refractivity contribution in [2.24, 2.45) is 0 Å². The van der Waals surface area contributed by atoms with Crippen LogP contribution in [0.15, 0.2) is 60.9 Å². The van der Waals surface area contributed by atoms with Crippen molar-refractivity contribution < 1.29 is 14.3 Å². The average molecular weight is 462 g/mol. The number of carbonyl (C=O) groups excluding carboxylic acids is 2. The van der Waals surface area contributed by atoms with E-state index in [1.54, 1.807) is 23.4 Å². The summed E-state index contributed by atoms with van der Waals surface area (Å²) in [7, 11) is 0. The molecule has 2 aromatic heterocycles. The third-order valence-corrected chi connectivity index (χ3v) is 5.73. The number of carbonyl (C=O) groups is 2. The fourth-order valence-corrected chi connectivity index (χ4v) is 3.98. The van der Waals surface area contributed by atoms with Crippen LogP contribution < -0.4 is 10.2 Å². The maximum atomic E-state index is 12.7. The van der Waals surface area contributed by atoms with Crippen LogP contribution in [0.4, 0.5) is 10.5 Å². The van der Waals surface area contributed by atoms with E-state index in [0.717, 1.165) is 33.4 Å². The Kier molecular flexibility index (Phi) is 5.66. The van der Waals surface area contributed by atoms with E-state index in [4.69, 9.17) is 16.3 Å². The molecule has 166 valence electrons. The second kappa shape index (κ2) is 8.91. The third-order valence-electron chi connectivity index (χ3n) is 5.49. The number of rotatable bonds is 6. The molecule has 0 radical (unpaired) electrons. The van der Waals surface area contributed by atoms with E-state index in [9.17, 15) is 9.59 Å². The Morgan fingerprint density at radius 1 is 1.12 bits per heavy atom. The van der Waals surface area contributed by atoms with E-state index in [0.29, 0.717) is 36.7 Å². The average Bonchev–Trinajstić information content (AvgIpc) is 3.44. The van der Waals surface area contributed by atoms with Gasteiger partial charge in [0.1, 0.15) is 6.61 Å². The number of cyclic esters (lactones) is 1. The Morgan fingerprint density at radius 3 is 2.76 bits per heavy atom. The number of halogens is 1. The Hall–Kier alpha value is -3.91. The molecule has 1 fully saturated rings. The molecule has 1 aliphatic rings. The van der Waals surface area contributed by atoms with E-state index in [1.165, 1.54) is 0 Å². The fraction of sp³-hybridized carbons (Fsp3) is 0.167. The summed E-state index contributed by atoms with van der Waals surface area (Å²) in [4.78, 5) is 30.3. The van der Waals surface area contributed by atoms with Crippen LogP contribution in [0.1, 0.15) is 27.2 Å². The number of ether oxygens (including phenoxy) is 1. The Bertz CT molecular complexity index is 1340. The molecule has 2 N–H and O–H groups in total. The largest absolute Gasteiger partial charge is 0.447 e. The molecule has 4 aromatic rings. The summed E-state index contributed by atoms with van der Waals surface area (Å²) >= 11 is 6.08. The van der Waals surface area contributed by atoms with Gasteiger partial charge in [-0.2, -0.15) is 5.10 Å². The van der Waals surface area contributed by atoms with Gasteiger partial charge in [-0.25, -0.2) is 4.79 Å². The normalized spacial score (nSPS) is 13.4. The predicted molar refractivity (Wildman–Crippen MR) is 124 cm³/mol. The SMILES string of the molecule is O=C(NCc1[nH]nc2ccc(Cl)cc12)c1cncc(Cc2ccc(N3CCOC3=O)cc2)c1. The van der Waals surface area contributed by atoms with Gasteiger partial charge in [0.2, 0.25) is 0 Å². The summed E-state index contributed by atoms with van der Waals surface area (Å²) in [5.74, 6) is -0.225. The highest BCUT2D eigenvalue weighted by Gasteiger charge is 2.23. The van der Waals surface area contributed by atoms with Gasteiger partial charge in [-0.3, -0.25) is 19.8 Å². The number of benzene rings is 2. The van der Waals surface area contributed by atoms with Gasteiger partial charge in [-0.1, -0.05) is 23.7 Å². The number of aromatic nitrogens is 3. The van der Waals surface area contributed by atoms with Crippen molar-refractivity contribution in [1.29, 1.82) is 0 Å². The highest BCUT2D eigenvalue weighted by Crippen LogP contribution is 2.22. The Morgan fingerprint density at radius 2 is 1.97 bits per heavy atom. The summed E-state index contributed by atoms with van der Waals surface area (Å²) in [5, 5.41) is 11.6. The molecule has 2 amide bonds. The molecular formula is C24H20ClN5O3. The molecule has 33 heavy (non-hydrogen) atoms. The van der Waals surface area contributed by atoms with E-state index in [2.05, 4.69) is 20.5 Å². The quantitative estimate of drug-likeness (QED) is 0.450. The fourth-order valence-electron chi connectivity index (χ4n) is 3.81. The molecule has 1 saturated heterocycles. The van der Waals surface area contributed by atoms with Crippen LogP contribution in [-0.2, 0) is 17.7 Å². The molecule has 9 heteroatoms. The van der Waals surface area contributed by atoms with Crippen LogP contribution in [-0.4, -0.2) is 40.3 Å². The number of hydrogen-bond acceptors (Lipinski definition) is 5. The second-order valence-electron chi connectivity index (χ2n) is 7.74. The Labute approximate surface area is 194 Å². The standard InChI is InChI=1S/C24H20ClN5O3/c25-18-3-6-21-20(11-18)22(29-28-21)14-27-23(31)17-10-16(12-26-13-17)9-15-1-4-19(5-2-15)30-7-8-33-24(30)32/h1-6,10-13H,7-9,14H2,(H,27,31)(H,28,29). The van der Waals surface area contributed by atoms with Crippen molar-refractivity contribution >= 4 is 40.2 Å². The topological polar surface area (TPSA) is 100 Å². The van der Waals surface area contributed by atoms with Crippen LogP contribution in [0.5, 0.6) is 0 Å². The lowest BCUT2D eigenvalue weighted by atomic mass is 10.0. The highest BCUT2D eigenvalue weighted by molar-refractivity contribution is 6.31. The van der Waals surface area contributed by atoms with Gasteiger partial charge < -0.3 is 10.1 Å². The first-order valence-corrected chi connectivity index (χ1v) is 10.8. The summed E-state index contributed by atoms with van der Waals surface area (Å²) < 4.78 is 4.98. The number of nitrogens with zero attached hydrogens (tertiary/aromatic N) is 3. The molecule has 0 aliphatic carbocycles. The number of fused-ring (bicyclic) bond motifs is 1. The van der Waals surface area contributed by atoms with Gasteiger partial charge in [0.05, 0.1) is 29.9 Å². The first-order chi connectivity index (χ1) is 16.1. The number of H-pyrrole nitrogens is 1. The molecule has 2 aromatic carbocycles. The molecule has 0 saturated carbocycles. The number of amides is 2. The monoisotopic (exact) mass is 461 g/mol. The molecular weight excluding hydrogens is 442 g/mol. The lowest BCUT2D eigenvalue weighted by Crippen LogP contribution is -2.23. The minimum Gasteiger partial charge on any atom is -0.447 e. The van der Waals surface area contributed by atoms with Crippen molar-refractivity contribution in [1.82, 2.24) is 20.5 Å². The van der Waals surface area contributed by atoms with Gasteiger partial charge in [-0.15, -0.1) is 0 Å². The van der Waals surface area contributed by atoms with Crippen LogP contribution in [0, 0.1) is 0 Å². The van der Waals surface area contributed by atoms with Crippen LogP contribution in [0.3, 0.4) is 0 Å². The van der Waals surface area contributed by atoms with E-state index in [-0.39, 0.29) is 12.0 Å². The Balaban J connectivity index is 1.24. The molecule has 0 bridgehead atoms. The van der Waals surface area contributed by atoms with Gasteiger partial charge in [0.15, 0.2) is 0 Å². The van der Waals surface area contributed by atoms with Crippen molar-refractivity contribution in [2.75, 3.05) is 18.1 Å². The highest BCUT2D eigenvalue weighted by atomic mass is 35.5. The second-order valence-corrected chi connectivity index (χ2v) is 8.17. The first kappa shape index (κ1) is 21.0. The van der Waals surface area contributed by atoms with Crippen molar-refractivity contribution in [3.8, 4) is 0 Å². The summed E-state index contributed by atoms with van der Waals surface area (Å²) in [5.41, 5.74) is 4.82. The molecule has 3 heterocycles.